The van der Waals surface area contributed by atoms with Gasteiger partial charge in [-0.05, 0) is 77.4 Å². The first-order valence-electron chi connectivity index (χ1n) is 14.9. The molecule has 0 spiro atoms. The number of phenolic OH excluding ortho intramolecular Hbond substituents is 1. The number of amides is 2. The average molecular weight is 658 g/mol. The number of allylic oxidation sites excluding steroid dienone is 1. The number of aliphatic hydroxyl groups excluding tert-OH is 1. The van der Waals surface area contributed by atoms with Crippen LogP contribution in [0.1, 0.15) is 41.5 Å². The van der Waals surface area contributed by atoms with E-state index in [1.807, 2.05) is 42.5 Å². The molecule has 4 atom stereocenters. The topological polar surface area (TPSA) is 87.1 Å². The number of hydrogen-bond acceptors (Lipinski definition) is 5. The van der Waals surface area contributed by atoms with Gasteiger partial charge in [0.2, 0.25) is 11.8 Å². The SMILES string of the molecule is O=C1[C@@H]2[C@@H](CC(CO)=C3[C@@H](CC/C(=C/c4cccc(O)c4)c4ccccc4)OC[C@@H]32)C(=O)N1c1cc(C(F)(F)F)cc(C(F)(F)F)c1. The summed E-state index contributed by atoms with van der Waals surface area (Å²) in [6, 6.07) is 17.0. The fraction of sp³-hybridized carbons (Fsp3) is 0.314. The average Bonchev–Trinajstić information content (AvgIpc) is 3.56. The van der Waals surface area contributed by atoms with Gasteiger partial charge in [-0.2, -0.15) is 26.3 Å². The van der Waals surface area contributed by atoms with Crippen LogP contribution in [0.3, 0.4) is 0 Å². The van der Waals surface area contributed by atoms with Crippen LogP contribution in [-0.2, 0) is 26.7 Å². The highest BCUT2D eigenvalue weighted by Crippen LogP contribution is 2.51. The smallest absolute Gasteiger partial charge is 0.416 e. The van der Waals surface area contributed by atoms with E-state index in [-0.39, 0.29) is 24.8 Å². The van der Waals surface area contributed by atoms with Gasteiger partial charge in [-0.15, -0.1) is 0 Å². The van der Waals surface area contributed by atoms with Gasteiger partial charge in [-0.3, -0.25) is 9.59 Å². The first-order valence-corrected chi connectivity index (χ1v) is 14.9. The molecule has 1 aliphatic carbocycles. The number of fused-ring (bicyclic) bond motifs is 3. The molecule has 0 radical (unpaired) electrons. The normalized spacial score (nSPS) is 23.4. The molecule has 0 bridgehead atoms. The zero-order valence-corrected chi connectivity index (χ0v) is 24.7. The maximum absolute atomic E-state index is 13.8. The lowest BCUT2D eigenvalue weighted by molar-refractivity contribution is -0.143. The predicted molar refractivity (Wildman–Crippen MR) is 160 cm³/mol. The standard InChI is InChI=1S/C35H29F6NO5/c36-34(37,38)23-14-24(35(39,40)41)16-25(15-23)42-32(45)27-13-22(17-43)30-28(31(27)33(42)46)18-47-29(30)10-9-21(20-6-2-1-3-7-20)11-19-5-4-8-26(44)12-19/h1-8,11-12,14-16,27-29,31,43-44H,9-10,13,17-18H2/b21-11-/t27-,28+,29-,31-/m1/s1. The van der Waals surface area contributed by atoms with Crippen molar-refractivity contribution in [2.45, 2.75) is 37.7 Å². The molecule has 0 aromatic heterocycles. The van der Waals surface area contributed by atoms with Gasteiger partial charge in [0, 0.05) is 5.92 Å². The van der Waals surface area contributed by atoms with Crippen LogP contribution in [0.25, 0.3) is 11.6 Å². The molecule has 0 unspecified atom stereocenters. The van der Waals surface area contributed by atoms with Crippen LogP contribution in [-0.4, -0.2) is 41.3 Å². The Bertz CT molecular complexity index is 1730. The molecule has 246 valence electrons. The van der Waals surface area contributed by atoms with Gasteiger partial charge in [0.25, 0.3) is 0 Å². The highest BCUT2D eigenvalue weighted by atomic mass is 19.4. The summed E-state index contributed by atoms with van der Waals surface area (Å²) in [6.45, 7) is -0.465. The molecule has 2 aliphatic heterocycles. The highest BCUT2D eigenvalue weighted by molar-refractivity contribution is 6.22. The van der Waals surface area contributed by atoms with Crippen molar-refractivity contribution >= 4 is 29.2 Å². The van der Waals surface area contributed by atoms with Gasteiger partial charge >= 0.3 is 12.4 Å². The number of carbonyl (C=O) groups excluding carboxylic acids is 2. The van der Waals surface area contributed by atoms with Crippen LogP contribution in [0.15, 0.2) is 83.9 Å². The van der Waals surface area contributed by atoms with Crippen molar-refractivity contribution in [3.63, 3.8) is 0 Å². The summed E-state index contributed by atoms with van der Waals surface area (Å²) >= 11 is 0. The molecule has 0 saturated carbocycles. The Morgan fingerprint density at radius 1 is 0.872 bits per heavy atom. The number of ether oxygens (including phenoxy) is 1. The van der Waals surface area contributed by atoms with Crippen molar-refractivity contribution < 1.29 is 50.9 Å². The first kappa shape index (κ1) is 32.5. The van der Waals surface area contributed by atoms with Gasteiger partial charge in [0.05, 0.1) is 48.0 Å². The van der Waals surface area contributed by atoms with Gasteiger partial charge in [-0.25, -0.2) is 4.90 Å². The Morgan fingerprint density at radius 3 is 2.17 bits per heavy atom. The van der Waals surface area contributed by atoms with E-state index in [4.69, 9.17) is 4.74 Å². The van der Waals surface area contributed by atoms with E-state index in [1.54, 1.807) is 18.2 Å². The summed E-state index contributed by atoms with van der Waals surface area (Å²) < 4.78 is 87.6. The number of rotatable bonds is 7. The van der Waals surface area contributed by atoms with Crippen molar-refractivity contribution in [3.05, 3.63) is 106 Å². The van der Waals surface area contributed by atoms with E-state index in [2.05, 4.69) is 0 Å². The molecule has 2 fully saturated rings. The molecule has 6 rings (SSSR count). The zero-order valence-electron chi connectivity index (χ0n) is 24.7. The number of halogens is 6. The second-order valence-corrected chi connectivity index (χ2v) is 11.9. The number of alkyl halides is 6. The van der Waals surface area contributed by atoms with Crippen molar-refractivity contribution in [1.82, 2.24) is 0 Å². The van der Waals surface area contributed by atoms with Crippen molar-refractivity contribution in [3.8, 4) is 5.75 Å². The fourth-order valence-corrected chi connectivity index (χ4v) is 7.00. The molecular formula is C35H29F6NO5. The first-order chi connectivity index (χ1) is 22.3. The zero-order chi connectivity index (χ0) is 33.7. The fourth-order valence-electron chi connectivity index (χ4n) is 7.00. The number of imide groups is 1. The van der Waals surface area contributed by atoms with E-state index in [9.17, 15) is 46.1 Å². The van der Waals surface area contributed by atoms with Crippen molar-refractivity contribution in [2.75, 3.05) is 18.1 Å². The molecule has 2 heterocycles. The van der Waals surface area contributed by atoms with Crippen molar-refractivity contribution in [2.24, 2.45) is 17.8 Å². The molecule has 3 aromatic carbocycles. The summed E-state index contributed by atoms with van der Waals surface area (Å²) in [6.07, 6.45) is -8.12. The number of benzene rings is 3. The third kappa shape index (κ3) is 6.31. The third-order valence-electron chi connectivity index (χ3n) is 9.06. The van der Waals surface area contributed by atoms with Crippen LogP contribution in [0.4, 0.5) is 32.0 Å². The van der Waals surface area contributed by atoms with Gasteiger partial charge in [0.1, 0.15) is 5.75 Å². The highest BCUT2D eigenvalue weighted by Gasteiger charge is 2.57. The maximum Gasteiger partial charge on any atom is 0.416 e. The van der Waals surface area contributed by atoms with E-state index in [1.165, 1.54) is 0 Å². The van der Waals surface area contributed by atoms with E-state index < -0.39 is 71.4 Å². The number of nitrogens with zero attached hydrogens (tertiary/aromatic N) is 1. The minimum absolute atomic E-state index is 0.00907. The summed E-state index contributed by atoms with van der Waals surface area (Å²) in [5.41, 5.74) is -0.341. The summed E-state index contributed by atoms with van der Waals surface area (Å²) in [7, 11) is 0. The Morgan fingerprint density at radius 2 is 1.55 bits per heavy atom. The molecule has 47 heavy (non-hydrogen) atoms. The van der Waals surface area contributed by atoms with E-state index in [0.29, 0.717) is 41.0 Å². The minimum Gasteiger partial charge on any atom is -0.508 e. The number of phenols is 1. The molecule has 2 amide bonds. The number of hydrogen-bond donors (Lipinski definition) is 2. The quantitative estimate of drug-likeness (QED) is 0.121. The Labute approximate surface area is 265 Å². The molecule has 12 heteroatoms. The van der Waals surface area contributed by atoms with Gasteiger partial charge in [-0.1, -0.05) is 48.5 Å². The number of aromatic hydroxyl groups is 1. The third-order valence-corrected chi connectivity index (χ3v) is 9.06. The lowest BCUT2D eigenvalue weighted by Gasteiger charge is -2.31. The van der Waals surface area contributed by atoms with Crippen LogP contribution in [0, 0.1) is 17.8 Å². The number of anilines is 1. The van der Waals surface area contributed by atoms with Gasteiger partial charge in [0.15, 0.2) is 0 Å². The lowest BCUT2D eigenvalue weighted by atomic mass is 9.69. The molecule has 2 saturated heterocycles. The van der Waals surface area contributed by atoms with E-state index in [0.717, 1.165) is 16.7 Å². The second kappa shape index (κ2) is 12.3. The van der Waals surface area contributed by atoms with E-state index >= 15 is 0 Å². The summed E-state index contributed by atoms with van der Waals surface area (Å²) in [5.74, 6) is -4.54. The minimum atomic E-state index is -5.16. The predicted octanol–water partition coefficient (Wildman–Crippen LogP) is 7.26. The molecule has 3 aliphatic rings. The van der Waals surface area contributed by atoms with Crippen molar-refractivity contribution in [1.29, 1.82) is 0 Å². The summed E-state index contributed by atoms with van der Waals surface area (Å²) in [4.78, 5) is 27.7. The number of aliphatic hydroxyl groups is 1. The van der Waals surface area contributed by atoms with Crippen LogP contribution in [0.2, 0.25) is 0 Å². The molecular weight excluding hydrogens is 628 g/mol. The Hall–Kier alpha value is -4.42. The Balaban J connectivity index is 1.29. The number of carbonyl (C=O) groups is 2. The monoisotopic (exact) mass is 657 g/mol. The second-order valence-electron chi connectivity index (χ2n) is 11.9. The lowest BCUT2D eigenvalue weighted by Crippen LogP contribution is -2.35. The molecule has 6 nitrogen and oxygen atoms in total. The largest absolute Gasteiger partial charge is 0.508 e. The van der Waals surface area contributed by atoms with Crippen LogP contribution in [0.5, 0.6) is 5.75 Å². The molecule has 3 aromatic rings. The maximum atomic E-state index is 13.8. The van der Waals surface area contributed by atoms with Crippen LogP contribution < -0.4 is 4.90 Å². The molecule has 2 N–H and O–H groups in total. The van der Waals surface area contributed by atoms with Crippen LogP contribution >= 0.6 is 0 Å². The Kier molecular flexibility index (Phi) is 8.52. The van der Waals surface area contributed by atoms with Gasteiger partial charge < -0.3 is 14.9 Å². The summed E-state index contributed by atoms with van der Waals surface area (Å²) in [5, 5.41) is 20.3.